The lowest BCUT2D eigenvalue weighted by Crippen LogP contribution is -2.12. The van der Waals surface area contributed by atoms with Crippen molar-refractivity contribution in [2.24, 2.45) is 0 Å². The molecule has 0 aromatic carbocycles. The van der Waals surface area contributed by atoms with E-state index in [9.17, 15) is 9.59 Å². The van der Waals surface area contributed by atoms with E-state index in [1.54, 1.807) is 18.2 Å². The molecule has 0 saturated heterocycles. The Morgan fingerprint density at radius 3 is 2.17 bits per heavy atom. The van der Waals surface area contributed by atoms with Gasteiger partial charge in [-0.2, -0.15) is 0 Å². The highest BCUT2D eigenvalue weighted by Gasteiger charge is 2.23. The van der Waals surface area contributed by atoms with Gasteiger partial charge in [0.15, 0.2) is 0 Å². The molecule has 1 rings (SSSR count). The molecular weight excluding hydrogens is 376 g/mol. The molecular formula is C26H36O4. The Morgan fingerprint density at radius 1 is 1.00 bits per heavy atom. The first-order valence-corrected chi connectivity index (χ1v) is 10.6. The monoisotopic (exact) mass is 412 g/mol. The van der Waals surface area contributed by atoms with Gasteiger partial charge >= 0.3 is 5.97 Å². The summed E-state index contributed by atoms with van der Waals surface area (Å²) >= 11 is 0. The van der Waals surface area contributed by atoms with E-state index in [1.165, 1.54) is 29.9 Å². The molecule has 1 aliphatic rings. The van der Waals surface area contributed by atoms with Gasteiger partial charge in [0.05, 0.1) is 0 Å². The van der Waals surface area contributed by atoms with E-state index >= 15 is 0 Å². The SMILES string of the molecule is CO[C@@H]1OC(=O)C=C1/C=C/C=C(/C=O)CC/C=C(\C)CC/C=C(\C)CCC=C(C)C. The number of ether oxygens (including phenoxy) is 2. The molecule has 0 saturated carbocycles. The number of hydrogen-bond acceptors (Lipinski definition) is 4. The summed E-state index contributed by atoms with van der Waals surface area (Å²) in [6, 6.07) is 0. The van der Waals surface area contributed by atoms with Crippen LogP contribution in [0.25, 0.3) is 0 Å². The molecule has 0 amide bonds. The third-order valence-electron chi connectivity index (χ3n) is 4.79. The molecule has 0 fully saturated rings. The van der Waals surface area contributed by atoms with Crippen molar-refractivity contribution in [2.45, 2.75) is 72.5 Å². The summed E-state index contributed by atoms with van der Waals surface area (Å²) in [5.74, 6) is -0.417. The van der Waals surface area contributed by atoms with Crippen LogP contribution in [-0.2, 0) is 19.1 Å². The predicted octanol–water partition coefficient (Wildman–Crippen LogP) is 6.32. The largest absolute Gasteiger partial charge is 0.428 e. The second-order valence-electron chi connectivity index (χ2n) is 7.87. The summed E-state index contributed by atoms with van der Waals surface area (Å²) in [6.07, 6.45) is 19.5. The Balaban J connectivity index is 2.42. The number of esters is 1. The van der Waals surface area contributed by atoms with Crippen LogP contribution in [0.2, 0.25) is 0 Å². The van der Waals surface area contributed by atoms with E-state index in [4.69, 9.17) is 9.47 Å². The van der Waals surface area contributed by atoms with Crippen molar-refractivity contribution < 1.29 is 19.1 Å². The van der Waals surface area contributed by atoms with Crippen LogP contribution < -0.4 is 0 Å². The average Bonchev–Trinajstić information content (AvgIpc) is 3.06. The molecule has 4 nitrogen and oxygen atoms in total. The summed E-state index contributed by atoms with van der Waals surface area (Å²) < 4.78 is 10.0. The van der Waals surface area contributed by atoms with E-state index in [0.717, 1.165) is 38.4 Å². The first-order chi connectivity index (χ1) is 14.3. The predicted molar refractivity (Wildman–Crippen MR) is 123 cm³/mol. The van der Waals surface area contributed by atoms with Crippen LogP contribution in [0.3, 0.4) is 0 Å². The number of hydrogen-bond donors (Lipinski definition) is 0. The van der Waals surface area contributed by atoms with Gasteiger partial charge in [-0.3, -0.25) is 4.79 Å². The summed E-state index contributed by atoms with van der Waals surface area (Å²) in [5.41, 5.74) is 5.52. The Labute approximate surface area is 181 Å². The third-order valence-corrected chi connectivity index (χ3v) is 4.79. The van der Waals surface area contributed by atoms with Gasteiger partial charge in [-0.1, -0.05) is 53.2 Å². The van der Waals surface area contributed by atoms with Crippen molar-refractivity contribution in [1.29, 1.82) is 0 Å². The van der Waals surface area contributed by atoms with Crippen molar-refractivity contribution in [3.63, 3.8) is 0 Å². The minimum atomic E-state index is -0.669. The second kappa shape index (κ2) is 14.5. The van der Waals surface area contributed by atoms with E-state index < -0.39 is 12.3 Å². The standard InChI is InChI=1S/C26H36O4/c1-20(2)10-6-11-21(3)12-7-13-22(4)14-8-15-23(19-27)16-9-17-24-18-25(28)30-26(24)29-5/h9-10,12,14,16-19,26H,6-8,11,13,15H2,1-5H3/b17-9+,21-12+,22-14+,23-16+/t26-/m1/s1. The van der Waals surface area contributed by atoms with Crippen LogP contribution in [-0.4, -0.2) is 25.7 Å². The van der Waals surface area contributed by atoms with Crippen molar-refractivity contribution in [3.8, 4) is 0 Å². The molecule has 1 atom stereocenters. The zero-order chi connectivity index (χ0) is 22.4. The lowest BCUT2D eigenvalue weighted by Gasteiger charge is -2.08. The molecule has 0 spiro atoms. The molecule has 30 heavy (non-hydrogen) atoms. The zero-order valence-corrected chi connectivity index (χ0v) is 19.1. The van der Waals surface area contributed by atoms with Crippen LogP contribution >= 0.6 is 0 Å². The molecule has 0 N–H and O–H groups in total. The van der Waals surface area contributed by atoms with Crippen molar-refractivity contribution in [1.82, 2.24) is 0 Å². The number of methoxy groups -OCH3 is 1. The second-order valence-corrected chi connectivity index (χ2v) is 7.87. The minimum Gasteiger partial charge on any atom is -0.428 e. The lowest BCUT2D eigenvalue weighted by molar-refractivity contribution is -0.154. The van der Waals surface area contributed by atoms with Gasteiger partial charge in [0, 0.05) is 18.8 Å². The van der Waals surface area contributed by atoms with Gasteiger partial charge < -0.3 is 9.47 Å². The maximum atomic E-state index is 11.3. The Hall–Kier alpha value is -2.46. The van der Waals surface area contributed by atoms with Crippen LogP contribution in [0, 0.1) is 0 Å². The molecule has 0 bridgehead atoms. The maximum absolute atomic E-state index is 11.3. The number of allylic oxidation sites excluding steroid dienone is 9. The number of aldehydes is 1. The fourth-order valence-corrected chi connectivity index (χ4v) is 3.01. The zero-order valence-electron chi connectivity index (χ0n) is 19.1. The number of carbonyl (C=O) groups excluding carboxylic acids is 2. The molecule has 0 aliphatic carbocycles. The van der Waals surface area contributed by atoms with Gasteiger partial charge in [-0.05, 0) is 71.8 Å². The molecule has 1 aliphatic heterocycles. The van der Waals surface area contributed by atoms with Gasteiger partial charge in [0.25, 0.3) is 0 Å². The van der Waals surface area contributed by atoms with Crippen LogP contribution in [0.4, 0.5) is 0 Å². The summed E-state index contributed by atoms with van der Waals surface area (Å²) in [7, 11) is 1.48. The van der Waals surface area contributed by atoms with Crippen LogP contribution in [0.15, 0.2) is 70.4 Å². The molecule has 164 valence electrons. The van der Waals surface area contributed by atoms with E-state index in [2.05, 4.69) is 45.9 Å². The molecule has 0 aromatic heterocycles. The molecule has 4 heteroatoms. The van der Waals surface area contributed by atoms with Gasteiger partial charge in [-0.15, -0.1) is 0 Å². The van der Waals surface area contributed by atoms with E-state index in [-0.39, 0.29) is 0 Å². The number of cyclic esters (lactones) is 1. The Morgan fingerprint density at radius 2 is 1.60 bits per heavy atom. The smallest absolute Gasteiger partial charge is 0.333 e. The topological polar surface area (TPSA) is 52.6 Å². The Kier molecular flexibility index (Phi) is 12.4. The van der Waals surface area contributed by atoms with Gasteiger partial charge in [0.1, 0.15) is 6.29 Å². The normalized spacial score (nSPS) is 17.9. The Bertz CT molecular complexity index is 756. The third kappa shape index (κ3) is 10.9. The van der Waals surface area contributed by atoms with Gasteiger partial charge in [0.2, 0.25) is 6.29 Å². The van der Waals surface area contributed by atoms with Crippen LogP contribution in [0.5, 0.6) is 0 Å². The summed E-state index contributed by atoms with van der Waals surface area (Å²) in [6.45, 7) is 8.61. The lowest BCUT2D eigenvalue weighted by atomic mass is 10.0. The summed E-state index contributed by atoms with van der Waals surface area (Å²) in [4.78, 5) is 22.6. The highest BCUT2D eigenvalue weighted by atomic mass is 16.7. The van der Waals surface area contributed by atoms with E-state index in [1.807, 2.05) is 0 Å². The molecule has 0 aromatic rings. The molecule has 1 heterocycles. The van der Waals surface area contributed by atoms with E-state index in [0.29, 0.717) is 17.6 Å². The highest BCUT2D eigenvalue weighted by molar-refractivity contribution is 5.86. The number of rotatable bonds is 13. The maximum Gasteiger partial charge on any atom is 0.333 e. The van der Waals surface area contributed by atoms with Crippen molar-refractivity contribution >= 4 is 12.3 Å². The van der Waals surface area contributed by atoms with Crippen molar-refractivity contribution in [3.05, 3.63) is 70.4 Å². The molecule has 0 unspecified atom stereocenters. The number of carbonyl (C=O) groups is 2. The molecule has 0 radical (unpaired) electrons. The first kappa shape index (κ1) is 25.6. The minimum absolute atomic E-state index is 0.417. The highest BCUT2D eigenvalue weighted by Crippen LogP contribution is 2.18. The fraction of sp³-hybridized carbons (Fsp3) is 0.462. The average molecular weight is 413 g/mol. The van der Waals surface area contributed by atoms with Gasteiger partial charge in [-0.25, -0.2) is 4.79 Å². The summed E-state index contributed by atoms with van der Waals surface area (Å²) in [5, 5.41) is 0. The quantitative estimate of drug-likeness (QED) is 0.117. The van der Waals surface area contributed by atoms with Crippen LogP contribution in [0.1, 0.15) is 66.2 Å². The van der Waals surface area contributed by atoms with Crippen molar-refractivity contribution in [2.75, 3.05) is 7.11 Å². The first-order valence-electron chi connectivity index (χ1n) is 10.6. The fourth-order valence-electron chi connectivity index (χ4n) is 3.01.